The van der Waals surface area contributed by atoms with E-state index in [0.29, 0.717) is 5.69 Å². The third-order valence-corrected chi connectivity index (χ3v) is 1.30. The highest BCUT2D eigenvalue weighted by Gasteiger charge is 1.95. The van der Waals surface area contributed by atoms with Gasteiger partial charge in [-0.1, -0.05) is 6.92 Å². The average Bonchev–Trinajstić information content (AvgIpc) is 2.13. The summed E-state index contributed by atoms with van der Waals surface area (Å²) in [4.78, 5) is 9.37. The van der Waals surface area contributed by atoms with Crippen molar-refractivity contribution in [2.45, 2.75) is 13.3 Å². The summed E-state index contributed by atoms with van der Waals surface area (Å²) in [6.45, 7) is 1.60. The van der Waals surface area contributed by atoms with E-state index in [1.165, 1.54) is 18.2 Å². The number of phenolic OH excluding ortho intramolecular Hbond substituents is 2. The zero-order valence-electron chi connectivity index (χ0n) is 7.77. The maximum Gasteiger partial charge on any atom is 0.303 e. The van der Waals surface area contributed by atoms with Crippen LogP contribution in [0.25, 0.3) is 0 Å². The first-order valence-corrected chi connectivity index (χ1v) is 3.96. The van der Waals surface area contributed by atoms with Gasteiger partial charge in [0, 0.05) is 18.2 Å². The number of anilines is 1. The van der Waals surface area contributed by atoms with Crippen molar-refractivity contribution < 1.29 is 20.1 Å². The van der Waals surface area contributed by atoms with Gasteiger partial charge < -0.3 is 21.1 Å². The molecule has 1 rings (SSSR count). The molecule has 5 heteroatoms. The van der Waals surface area contributed by atoms with Gasteiger partial charge in [0.15, 0.2) is 11.5 Å². The summed E-state index contributed by atoms with van der Waals surface area (Å²) in [6, 6.07) is 4.13. The van der Waals surface area contributed by atoms with Crippen molar-refractivity contribution in [1.29, 1.82) is 0 Å². The third kappa shape index (κ3) is 4.87. The number of phenols is 2. The van der Waals surface area contributed by atoms with Crippen molar-refractivity contribution in [1.82, 2.24) is 0 Å². The Hall–Kier alpha value is -1.91. The average molecular weight is 199 g/mol. The number of aliphatic carboxylic acids is 1. The number of hydrogen-bond donors (Lipinski definition) is 4. The Morgan fingerprint density at radius 3 is 2.14 bits per heavy atom. The lowest BCUT2D eigenvalue weighted by Crippen LogP contribution is -1.86. The van der Waals surface area contributed by atoms with Gasteiger partial charge in [0.1, 0.15) is 0 Å². The molecular formula is C9H13NO4. The van der Waals surface area contributed by atoms with Gasteiger partial charge >= 0.3 is 5.97 Å². The second-order valence-corrected chi connectivity index (χ2v) is 2.50. The van der Waals surface area contributed by atoms with E-state index in [1.807, 2.05) is 0 Å². The molecule has 1 aromatic carbocycles. The molecule has 0 radical (unpaired) electrons. The number of carboxylic acids is 1. The van der Waals surface area contributed by atoms with Crippen molar-refractivity contribution in [3.63, 3.8) is 0 Å². The van der Waals surface area contributed by atoms with E-state index in [2.05, 4.69) is 0 Å². The first-order chi connectivity index (χ1) is 6.47. The van der Waals surface area contributed by atoms with Gasteiger partial charge in [0.2, 0.25) is 0 Å². The summed E-state index contributed by atoms with van der Waals surface area (Å²) in [5, 5.41) is 25.2. The van der Waals surface area contributed by atoms with E-state index < -0.39 is 5.97 Å². The fraction of sp³-hybridized carbons (Fsp3) is 0.222. The van der Waals surface area contributed by atoms with Crippen LogP contribution in [0.2, 0.25) is 0 Å². The van der Waals surface area contributed by atoms with E-state index in [4.69, 9.17) is 21.1 Å². The number of aromatic hydroxyl groups is 2. The normalized spacial score (nSPS) is 8.64. The molecule has 0 aromatic heterocycles. The van der Waals surface area contributed by atoms with Crippen LogP contribution in [0, 0.1) is 0 Å². The quantitative estimate of drug-likeness (QED) is 0.308. The van der Waals surface area contributed by atoms with Crippen LogP contribution in [0.3, 0.4) is 0 Å². The van der Waals surface area contributed by atoms with Crippen molar-refractivity contribution in [3.05, 3.63) is 18.2 Å². The molecule has 0 bridgehead atoms. The Morgan fingerprint density at radius 1 is 1.36 bits per heavy atom. The molecule has 0 aliphatic rings. The molecule has 5 N–H and O–H groups in total. The topological polar surface area (TPSA) is 104 Å². The molecule has 0 atom stereocenters. The second-order valence-electron chi connectivity index (χ2n) is 2.50. The Labute approximate surface area is 81.4 Å². The monoisotopic (exact) mass is 199 g/mol. The highest BCUT2D eigenvalue weighted by molar-refractivity contribution is 5.66. The standard InChI is InChI=1S/C6H7NO2.C3H6O2/c7-4-1-2-5(8)6(9)3-4;1-2-3(4)5/h1-3,8-9H,7H2;2H2,1H3,(H,4,5). The van der Waals surface area contributed by atoms with E-state index in [1.54, 1.807) is 6.92 Å². The predicted octanol–water partition coefficient (Wildman–Crippen LogP) is 1.16. The smallest absolute Gasteiger partial charge is 0.303 e. The van der Waals surface area contributed by atoms with Crippen molar-refractivity contribution >= 4 is 11.7 Å². The third-order valence-electron chi connectivity index (χ3n) is 1.30. The number of rotatable bonds is 1. The fourth-order valence-electron chi connectivity index (χ4n) is 0.540. The fourth-order valence-corrected chi connectivity index (χ4v) is 0.540. The highest BCUT2D eigenvalue weighted by Crippen LogP contribution is 2.25. The molecule has 0 saturated carbocycles. The summed E-state index contributed by atoms with van der Waals surface area (Å²) in [6.07, 6.45) is 0.222. The molecule has 0 amide bonds. The van der Waals surface area contributed by atoms with Crippen LogP contribution in [0.1, 0.15) is 13.3 Å². The molecule has 0 unspecified atom stereocenters. The zero-order valence-corrected chi connectivity index (χ0v) is 7.77. The molecule has 0 heterocycles. The second kappa shape index (κ2) is 5.69. The number of benzene rings is 1. The first-order valence-electron chi connectivity index (χ1n) is 3.96. The van der Waals surface area contributed by atoms with E-state index in [9.17, 15) is 4.79 Å². The Bertz CT molecular complexity index is 312. The van der Waals surface area contributed by atoms with Crippen LogP contribution < -0.4 is 5.73 Å². The summed E-state index contributed by atoms with van der Waals surface area (Å²) in [5.74, 6) is -1.08. The molecule has 0 fully saturated rings. The summed E-state index contributed by atoms with van der Waals surface area (Å²) in [5.41, 5.74) is 5.69. The van der Waals surface area contributed by atoms with Crippen molar-refractivity contribution in [2.24, 2.45) is 0 Å². The molecule has 0 aliphatic carbocycles. The largest absolute Gasteiger partial charge is 0.504 e. The SMILES string of the molecule is CCC(=O)O.Nc1ccc(O)c(O)c1. The summed E-state index contributed by atoms with van der Waals surface area (Å²) >= 11 is 0. The van der Waals surface area contributed by atoms with E-state index >= 15 is 0 Å². The minimum absolute atomic E-state index is 0.149. The number of carboxylic acid groups (broad SMARTS) is 1. The predicted molar refractivity (Wildman–Crippen MR) is 52.1 cm³/mol. The molecular weight excluding hydrogens is 186 g/mol. The summed E-state index contributed by atoms with van der Waals surface area (Å²) in [7, 11) is 0. The maximum atomic E-state index is 9.37. The van der Waals surface area contributed by atoms with Crippen LogP contribution in [0.15, 0.2) is 18.2 Å². The molecule has 0 aliphatic heterocycles. The van der Waals surface area contributed by atoms with E-state index in [-0.39, 0.29) is 17.9 Å². The molecule has 78 valence electrons. The molecule has 0 spiro atoms. The van der Waals surface area contributed by atoms with E-state index in [0.717, 1.165) is 0 Å². The van der Waals surface area contributed by atoms with Crippen LogP contribution in [0.5, 0.6) is 11.5 Å². The lowest BCUT2D eigenvalue weighted by molar-refractivity contribution is -0.136. The van der Waals surface area contributed by atoms with Gasteiger partial charge in [-0.2, -0.15) is 0 Å². The van der Waals surface area contributed by atoms with Gasteiger partial charge in [-0.3, -0.25) is 4.79 Å². The molecule has 0 saturated heterocycles. The van der Waals surface area contributed by atoms with Gasteiger partial charge in [0.05, 0.1) is 0 Å². The van der Waals surface area contributed by atoms with Gasteiger partial charge in [-0.05, 0) is 12.1 Å². The van der Waals surface area contributed by atoms with Crippen LogP contribution >= 0.6 is 0 Å². The lowest BCUT2D eigenvalue weighted by atomic mass is 10.3. The number of carbonyl (C=O) groups is 1. The Kier molecular flexibility index (Phi) is 4.91. The number of nitrogens with two attached hydrogens (primary N) is 1. The van der Waals surface area contributed by atoms with Gasteiger partial charge in [0.25, 0.3) is 0 Å². The number of hydrogen-bond acceptors (Lipinski definition) is 4. The Balaban J connectivity index is 0.000000292. The first kappa shape index (κ1) is 12.1. The minimum Gasteiger partial charge on any atom is -0.504 e. The Morgan fingerprint density at radius 2 is 1.86 bits per heavy atom. The number of nitrogen functional groups attached to an aromatic ring is 1. The van der Waals surface area contributed by atoms with Crippen LogP contribution in [0.4, 0.5) is 5.69 Å². The lowest BCUT2D eigenvalue weighted by Gasteiger charge is -1.95. The van der Waals surface area contributed by atoms with Crippen molar-refractivity contribution in [3.8, 4) is 11.5 Å². The zero-order chi connectivity index (χ0) is 11.1. The van der Waals surface area contributed by atoms with Gasteiger partial charge in [-0.25, -0.2) is 0 Å². The molecule has 14 heavy (non-hydrogen) atoms. The van der Waals surface area contributed by atoms with Crippen LogP contribution in [-0.2, 0) is 4.79 Å². The molecule has 5 nitrogen and oxygen atoms in total. The van der Waals surface area contributed by atoms with Crippen LogP contribution in [-0.4, -0.2) is 21.3 Å². The minimum atomic E-state index is -0.745. The maximum absolute atomic E-state index is 9.37. The van der Waals surface area contributed by atoms with Gasteiger partial charge in [-0.15, -0.1) is 0 Å². The highest BCUT2D eigenvalue weighted by atomic mass is 16.4. The summed E-state index contributed by atoms with van der Waals surface area (Å²) < 4.78 is 0. The molecule has 1 aromatic rings. The van der Waals surface area contributed by atoms with Crippen molar-refractivity contribution in [2.75, 3.05) is 5.73 Å².